The van der Waals surface area contributed by atoms with Crippen molar-refractivity contribution in [3.05, 3.63) is 65.7 Å². The normalized spacial score (nSPS) is 17.6. The number of methoxy groups -OCH3 is 1. The standard InChI is InChI=1S/C23H27N3O3/c1-28-20-9-5-8-19(16-20)21-17-23(29-25-21)11-14-26(15-12-23)22(27)24-13-10-18-6-3-2-4-7-18/h2-9,16H,10-15,17H2,1H3,(H,24,27). The molecule has 0 atom stereocenters. The van der Waals surface area contributed by atoms with E-state index in [-0.39, 0.29) is 11.6 Å². The second kappa shape index (κ2) is 8.55. The van der Waals surface area contributed by atoms with Crippen LogP contribution >= 0.6 is 0 Å². The number of carbonyl (C=O) groups excluding carboxylic acids is 1. The second-order valence-corrected chi connectivity index (χ2v) is 7.68. The van der Waals surface area contributed by atoms with E-state index in [9.17, 15) is 4.79 Å². The van der Waals surface area contributed by atoms with Crippen molar-refractivity contribution in [2.75, 3.05) is 26.7 Å². The van der Waals surface area contributed by atoms with Crippen molar-refractivity contribution in [2.45, 2.75) is 31.3 Å². The van der Waals surface area contributed by atoms with Gasteiger partial charge in [-0.25, -0.2) is 4.79 Å². The Morgan fingerprint density at radius 1 is 1.17 bits per heavy atom. The van der Waals surface area contributed by atoms with Crippen LogP contribution in [-0.4, -0.2) is 49.0 Å². The van der Waals surface area contributed by atoms with Crippen LogP contribution < -0.4 is 10.1 Å². The SMILES string of the molecule is COc1cccc(C2=NOC3(CCN(C(=O)NCCc4ccccc4)CC3)C2)c1. The molecule has 0 bridgehead atoms. The van der Waals surface area contributed by atoms with Gasteiger partial charge in [0.05, 0.1) is 12.8 Å². The fourth-order valence-electron chi connectivity index (χ4n) is 3.93. The summed E-state index contributed by atoms with van der Waals surface area (Å²) in [6.45, 7) is 2.00. The number of urea groups is 1. The molecule has 6 nitrogen and oxygen atoms in total. The lowest BCUT2D eigenvalue weighted by atomic mass is 9.85. The third-order valence-corrected chi connectivity index (χ3v) is 5.74. The summed E-state index contributed by atoms with van der Waals surface area (Å²) in [5.41, 5.74) is 2.91. The maximum atomic E-state index is 12.5. The number of carbonyl (C=O) groups is 1. The van der Waals surface area contributed by atoms with Gasteiger partial charge in [0.25, 0.3) is 0 Å². The number of hydrogen-bond acceptors (Lipinski definition) is 4. The van der Waals surface area contributed by atoms with Crippen LogP contribution in [0.3, 0.4) is 0 Å². The Bertz CT molecular complexity index is 874. The summed E-state index contributed by atoms with van der Waals surface area (Å²) >= 11 is 0. The van der Waals surface area contributed by atoms with E-state index < -0.39 is 0 Å². The summed E-state index contributed by atoms with van der Waals surface area (Å²) in [7, 11) is 1.66. The average Bonchev–Trinajstić information content (AvgIpc) is 3.18. The number of benzene rings is 2. The minimum Gasteiger partial charge on any atom is -0.497 e. The van der Waals surface area contributed by atoms with E-state index in [0.717, 1.165) is 42.7 Å². The zero-order valence-electron chi connectivity index (χ0n) is 16.8. The lowest BCUT2D eigenvalue weighted by Gasteiger charge is -2.37. The number of nitrogens with one attached hydrogen (secondary N) is 1. The predicted molar refractivity (Wildman–Crippen MR) is 112 cm³/mol. The molecule has 2 aromatic carbocycles. The van der Waals surface area contributed by atoms with Crippen molar-refractivity contribution in [3.63, 3.8) is 0 Å². The van der Waals surface area contributed by atoms with E-state index in [0.29, 0.717) is 19.6 Å². The van der Waals surface area contributed by atoms with Gasteiger partial charge in [0.1, 0.15) is 11.4 Å². The Labute approximate surface area is 171 Å². The van der Waals surface area contributed by atoms with Crippen molar-refractivity contribution in [2.24, 2.45) is 5.16 Å². The quantitative estimate of drug-likeness (QED) is 0.844. The number of nitrogens with zero attached hydrogens (tertiary/aromatic N) is 2. The van der Waals surface area contributed by atoms with E-state index >= 15 is 0 Å². The van der Waals surface area contributed by atoms with Crippen LogP contribution in [0.2, 0.25) is 0 Å². The number of hydrogen-bond donors (Lipinski definition) is 1. The summed E-state index contributed by atoms with van der Waals surface area (Å²) in [5.74, 6) is 0.813. The molecule has 0 unspecified atom stereocenters. The zero-order chi connectivity index (χ0) is 20.1. The summed E-state index contributed by atoms with van der Waals surface area (Å²) in [6.07, 6.45) is 3.18. The summed E-state index contributed by atoms with van der Waals surface area (Å²) in [5, 5.41) is 7.38. The highest BCUT2D eigenvalue weighted by Gasteiger charge is 2.43. The lowest BCUT2D eigenvalue weighted by molar-refractivity contribution is -0.0550. The molecular formula is C23H27N3O3. The van der Waals surface area contributed by atoms with Gasteiger partial charge in [0, 0.05) is 44.5 Å². The Kier molecular flexibility index (Phi) is 5.69. The molecule has 4 rings (SSSR count). The average molecular weight is 393 g/mol. The third-order valence-electron chi connectivity index (χ3n) is 5.74. The molecule has 1 saturated heterocycles. The lowest BCUT2D eigenvalue weighted by Crippen LogP contribution is -2.50. The van der Waals surface area contributed by atoms with Gasteiger partial charge in [0.15, 0.2) is 0 Å². The monoisotopic (exact) mass is 393 g/mol. The molecule has 0 aromatic heterocycles. The number of amides is 2. The van der Waals surface area contributed by atoms with Crippen molar-refractivity contribution in [1.29, 1.82) is 0 Å². The third kappa shape index (κ3) is 4.53. The number of rotatable bonds is 5. The second-order valence-electron chi connectivity index (χ2n) is 7.68. The van der Waals surface area contributed by atoms with Crippen LogP contribution in [0.1, 0.15) is 30.4 Å². The molecule has 2 aromatic rings. The van der Waals surface area contributed by atoms with Crippen LogP contribution in [0.5, 0.6) is 5.75 Å². The highest BCUT2D eigenvalue weighted by Crippen LogP contribution is 2.36. The molecule has 152 valence electrons. The molecule has 1 spiro atoms. The molecule has 1 fully saturated rings. The van der Waals surface area contributed by atoms with Crippen LogP contribution in [0.25, 0.3) is 0 Å². The van der Waals surface area contributed by atoms with Crippen LogP contribution in [-0.2, 0) is 11.3 Å². The zero-order valence-corrected chi connectivity index (χ0v) is 16.8. The summed E-state index contributed by atoms with van der Waals surface area (Å²) < 4.78 is 5.31. The van der Waals surface area contributed by atoms with Gasteiger partial charge < -0.3 is 19.8 Å². The summed E-state index contributed by atoms with van der Waals surface area (Å²) in [4.78, 5) is 20.2. The molecular weight excluding hydrogens is 366 g/mol. The fraction of sp³-hybridized carbons (Fsp3) is 0.391. The van der Waals surface area contributed by atoms with Gasteiger partial charge in [-0.15, -0.1) is 0 Å². The van der Waals surface area contributed by atoms with Crippen molar-refractivity contribution in [1.82, 2.24) is 10.2 Å². The molecule has 0 radical (unpaired) electrons. The Morgan fingerprint density at radius 2 is 1.97 bits per heavy atom. The van der Waals surface area contributed by atoms with E-state index in [1.54, 1.807) is 7.11 Å². The first-order chi connectivity index (χ1) is 14.2. The maximum Gasteiger partial charge on any atom is 0.317 e. The molecule has 0 saturated carbocycles. The van der Waals surface area contributed by atoms with Gasteiger partial charge in [0.2, 0.25) is 0 Å². The molecule has 1 N–H and O–H groups in total. The van der Waals surface area contributed by atoms with E-state index in [1.165, 1.54) is 5.56 Å². The maximum absolute atomic E-state index is 12.5. The van der Waals surface area contributed by atoms with Crippen LogP contribution in [0.15, 0.2) is 59.8 Å². The van der Waals surface area contributed by atoms with E-state index in [1.807, 2.05) is 47.4 Å². The Hall–Kier alpha value is -3.02. The van der Waals surface area contributed by atoms with Crippen LogP contribution in [0, 0.1) is 0 Å². The first kappa shape index (κ1) is 19.3. The van der Waals surface area contributed by atoms with Gasteiger partial charge in [-0.3, -0.25) is 0 Å². The topological polar surface area (TPSA) is 63.2 Å². The van der Waals surface area contributed by atoms with E-state index in [4.69, 9.17) is 9.57 Å². The predicted octanol–water partition coefficient (Wildman–Crippen LogP) is 3.61. The smallest absolute Gasteiger partial charge is 0.317 e. The Morgan fingerprint density at radius 3 is 2.72 bits per heavy atom. The first-order valence-electron chi connectivity index (χ1n) is 10.1. The number of piperidine rings is 1. The Balaban J connectivity index is 1.25. The minimum atomic E-state index is -0.292. The number of oxime groups is 1. The van der Waals surface area contributed by atoms with Gasteiger partial charge in [-0.05, 0) is 24.1 Å². The van der Waals surface area contributed by atoms with Gasteiger partial charge >= 0.3 is 6.03 Å². The molecule has 2 amide bonds. The molecule has 29 heavy (non-hydrogen) atoms. The summed E-state index contributed by atoms with van der Waals surface area (Å²) in [6, 6.07) is 18.1. The molecule has 2 aliphatic heterocycles. The van der Waals surface area contributed by atoms with Crippen LogP contribution in [0.4, 0.5) is 4.79 Å². The van der Waals surface area contributed by atoms with Crippen molar-refractivity contribution >= 4 is 11.7 Å². The highest BCUT2D eigenvalue weighted by atomic mass is 16.7. The van der Waals surface area contributed by atoms with Gasteiger partial charge in [-0.2, -0.15) is 0 Å². The first-order valence-corrected chi connectivity index (χ1v) is 10.1. The molecule has 6 heteroatoms. The van der Waals surface area contributed by atoms with E-state index in [2.05, 4.69) is 22.6 Å². The highest BCUT2D eigenvalue weighted by molar-refractivity contribution is 6.02. The molecule has 2 heterocycles. The minimum absolute atomic E-state index is 0.00251. The van der Waals surface area contributed by atoms with Crippen molar-refractivity contribution in [3.8, 4) is 5.75 Å². The fourth-order valence-corrected chi connectivity index (χ4v) is 3.93. The van der Waals surface area contributed by atoms with Crippen molar-refractivity contribution < 1.29 is 14.4 Å². The number of likely N-dealkylation sites (tertiary alicyclic amines) is 1. The molecule has 0 aliphatic carbocycles. The molecule has 2 aliphatic rings. The van der Waals surface area contributed by atoms with Gasteiger partial charge in [-0.1, -0.05) is 47.6 Å². The largest absolute Gasteiger partial charge is 0.497 e. The number of ether oxygens (including phenoxy) is 1.